The number of nitrogens with one attached hydrogen (secondary N) is 1. The van der Waals surface area contributed by atoms with Gasteiger partial charge in [-0.2, -0.15) is 0 Å². The van der Waals surface area contributed by atoms with Crippen LogP contribution in [0.3, 0.4) is 0 Å². The highest BCUT2D eigenvalue weighted by atomic mass is 32.2. The number of carbonyl (C=O) groups excluding carboxylic acids is 1. The van der Waals surface area contributed by atoms with Crippen LogP contribution in [-0.2, 0) is 16.6 Å². The Bertz CT molecular complexity index is 542. The molecule has 128 valence electrons. The van der Waals surface area contributed by atoms with Crippen molar-refractivity contribution in [3.05, 3.63) is 35.4 Å². The largest absolute Gasteiger partial charge is 0.352 e. The Balaban J connectivity index is 1.71. The van der Waals surface area contributed by atoms with Crippen LogP contribution in [0.4, 0.5) is 0 Å². The van der Waals surface area contributed by atoms with Gasteiger partial charge >= 0.3 is 0 Å². The summed E-state index contributed by atoms with van der Waals surface area (Å²) in [6, 6.07) is 7.39. The number of hydrogen-bond donors (Lipinski definition) is 1. The predicted octanol–water partition coefficient (Wildman–Crippen LogP) is 0.932. The van der Waals surface area contributed by atoms with Crippen LogP contribution in [0.15, 0.2) is 24.3 Å². The van der Waals surface area contributed by atoms with Crippen molar-refractivity contribution in [2.45, 2.75) is 12.2 Å². The summed E-state index contributed by atoms with van der Waals surface area (Å²) < 4.78 is 11.3. The highest BCUT2D eigenvalue weighted by molar-refractivity contribution is 7.83. The maximum atomic E-state index is 12.2. The highest BCUT2D eigenvalue weighted by Gasteiger charge is 2.13. The first-order valence-corrected chi connectivity index (χ1v) is 9.85. The molecule has 1 atom stereocenters. The normalized spacial score (nSPS) is 17.8. The minimum atomic E-state index is -0.891. The third-order valence-corrected chi connectivity index (χ3v) is 4.83. The summed E-state index contributed by atoms with van der Waals surface area (Å²) in [6.07, 6.45) is 2.64. The van der Waals surface area contributed by atoms with E-state index in [2.05, 4.69) is 22.2 Å². The number of hydrogen-bond acceptors (Lipinski definition) is 4. The van der Waals surface area contributed by atoms with Crippen LogP contribution in [0.2, 0.25) is 0 Å². The Morgan fingerprint density at radius 2 is 2.00 bits per heavy atom. The molecule has 1 saturated heterocycles. The predicted molar refractivity (Wildman–Crippen MR) is 95.1 cm³/mol. The van der Waals surface area contributed by atoms with E-state index < -0.39 is 10.8 Å². The van der Waals surface area contributed by atoms with Gasteiger partial charge in [-0.15, -0.1) is 0 Å². The molecule has 0 aromatic heterocycles. The van der Waals surface area contributed by atoms with Gasteiger partial charge in [0.15, 0.2) is 0 Å². The lowest BCUT2D eigenvalue weighted by molar-refractivity contribution is 0.0949. The lowest BCUT2D eigenvalue weighted by Crippen LogP contribution is -2.45. The quantitative estimate of drug-likeness (QED) is 0.752. The van der Waals surface area contributed by atoms with Crippen molar-refractivity contribution >= 4 is 16.7 Å². The molecule has 1 unspecified atom stereocenters. The van der Waals surface area contributed by atoms with Gasteiger partial charge in [0.2, 0.25) is 0 Å². The van der Waals surface area contributed by atoms with E-state index in [0.717, 1.165) is 44.7 Å². The van der Waals surface area contributed by atoms with Gasteiger partial charge in [-0.05, 0) is 37.7 Å². The monoisotopic (exact) mass is 337 g/mol. The lowest BCUT2D eigenvalue weighted by atomic mass is 10.1. The van der Waals surface area contributed by atoms with E-state index in [1.54, 1.807) is 12.3 Å². The van der Waals surface area contributed by atoms with Crippen LogP contribution in [-0.4, -0.2) is 72.5 Å². The van der Waals surface area contributed by atoms with Gasteiger partial charge in [-0.25, -0.2) is 0 Å². The molecule has 23 heavy (non-hydrogen) atoms. The van der Waals surface area contributed by atoms with Crippen LogP contribution >= 0.6 is 0 Å². The van der Waals surface area contributed by atoms with E-state index in [4.69, 9.17) is 0 Å². The van der Waals surface area contributed by atoms with E-state index in [0.29, 0.717) is 17.9 Å². The van der Waals surface area contributed by atoms with Crippen molar-refractivity contribution in [1.29, 1.82) is 0 Å². The molecule has 1 aromatic rings. The zero-order valence-electron chi connectivity index (χ0n) is 14.1. The van der Waals surface area contributed by atoms with Crippen molar-refractivity contribution in [3.63, 3.8) is 0 Å². The van der Waals surface area contributed by atoms with Crippen molar-refractivity contribution < 1.29 is 9.00 Å². The first kappa shape index (κ1) is 18.1. The Morgan fingerprint density at radius 3 is 2.70 bits per heavy atom. The number of nitrogens with zero attached hydrogens (tertiary/aromatic N) is 2. The Hall–Kier alpha value is -1.24. The fraction of sp³-hybridized carbons (Fsp3) is 0.588. The molecular formula is C17H27N3O2S. The van der Waals surface area contributed by atoms with Crippen LogP contribution in [0.5, 0.6) is 0 Å². The molecule has 1 N–H and O–H groups in total. The zero-order valence-corrected chi connectivity index (χ0v) is 14.9. The van der Waals surface area contributed by atoms with Gasteiger partial charge in [0.1, 0.15) is 0 Å². The second-order valence-corrected chi connectivity index (χ2v) is 7.61. The fourth-order valence-electron chi connectivity index (χ4n) is 2.72. The molecule has 0 bridgehead atoms. The summed E-state index contributed by atoms with van der Waals surface area (Å²) in [4.78, 5) is 17.0. The molecule has 0 saturated carbocycles. The molecule has 1 aliphatic heterocycles. The SMILES string of the molecule is CN1CCN(CCCNC(=O)c2cccc(CS(C)=O)c2)CC1. The molecule has 0 radical (unpaired) electrons. The zero-order chi connectivity index (χ0) is 16.7. The van der Waals surface area contributed by atoms with Crippen molar-refractivity contribution in [2.24, 2.45) is 0 Å². The summed E-state index contributed by atoms with van der Waals surface area (Å²) in [5.74, 6) is 0.442. The maximum Gasteiger partial charge on any atom is 0.251 e. The third-order valence-electron chi connectivity index (χ3n) is 4.09. The molecule has 6 heteroatoms. The average molecular weight is 337 g/mol. The fourth-order valence-corrected chi connectivity index (χ4v) is 3.36. The highest BCUT2D eigenvalue weighted by Crippen LogP contribution is 2.07. The second kappa shape index (κ2) is 9.15. The van der Waals surface area contributed by atoms with Gasteiger partial charge in [0, 0.05) is 61.1 Å². The van der Waals surface area contributed by atoms with E-state index in [9.17, 15) is 9.00 Å². The van der Waals surface area contributed by atoms with Gasteiger partial charge in [0.05, 0.1) is 0 Å². The average Bonchev–Trinajstić information content (AvgIpc) is 2.52. The first-order chi connectivity index (χ1) is 11.0. The number of likely N-dealkylation sites (N-methyl/N-ethyl adjacent to an activating group) is 1. The minimum Gasteiger partial charge on any atom is -0.352 e. The number of rotatable bonds is 7. The Kier molecular flexibility index (Phi) is 7.20. The van der Waals surface area contributed by atoms with Crippen LogP contribution in [0, 0.1) is 0 Å². The van der Waals surface area contributed by atoms with E-state index in [1.807, 2.05) is 18.2 Å². The van der Waals surface area contributed by atoms with Crippen molar-refractivity contribution in [1.82, 2.24) is 15.1 Å². The Labute approximate surface area is 141 Å². The molecule has 2 rings (SSSR count). The van der Waals surface area contributed by atoms with Crippen LogP contribution in [0.1, 0.15) is 22.3 Å². The molecule has 1 aromatic carbocycles. The summed E-state index contributed by atoms with van der Waals surface area (Å²) in [6.45, 7) is 6.19. The molecule has 1 fully saturated rings. The molecule has 0 aliphatic carbocycles. The number of carbonyl (C=O) groups is 1. The van der Waals surface area contributed by atoms with Crippen molar-refractivity contribution in [3.8, 4) is 0 Å². The topological polar surface area (TPSA) is 52.6 Å². The maximum absolute atomic E-state index is 12.2. The molecule has 1 heterocycles. The Morgan fingerprint density at radius 1 is 1.26 bits per heavy atom. The third kappa shape index (κ3) is 6.41. The molecule has 5 nitrogen and oxygen atoms in total. The molecule has 1 aliphatic rings. The van der Waals surface area contributed by atoms with Crippen LogP contribution in [0.25, 0.3) is 0 Å². The van der Waals surface area contributed by atoms with Gasteiger partial charge < -0.3 is 15.1 Å². The minimum absolute atomic E-state index is 0.0490. The molecule has 0 spiro atoms. The van der Waals surface area contributed by atoms with Gasteiger partial charge in [-0.3, -0.25) is 9.00 Å². The summed E-state index contributed by atoms with van der Waals surface area (Å²) in [5.41, 5.74) is 1.59. The molecular weight excluding hydrogens is 310 g/mol. The number of amides is 1. The molecule has 1 amide bonds. The summed E-state index contributed by atoms with van der Waals surface area (Å²) in [5, 5.41) is 2.98. The summed E-state index contributed by atoms with van der Waals surface area (Å²) >= 11 is 0. The number of piperazine rings is 1. The number of benzene rings is 1. The first-order valence-electron chi connectivity index (χ1n) is 8.12. The van der Waals surface area contributed by atoms with Gasteiger partial charge in [-0.1, -0.05) is 12.1 Å². The van der Waals surface area contributed by atoms with E-state index in [-0.39, 0.29) is 5.91 Å². The lowest BCUT2D eigenvalue weighted by Gasteiger charge is -2.32. The second-order valence-electron chi connectivity index (χ2n) is 6.17. The van der Waals surface area contributed by atoms with Crippen LogP contribution < -0.4 is 5.32 Å². The van der Waals surface area contributed by atoms with E-state index in [1.165, 1.54) is 0 Å². The smallest absolute Gasteiger partial charge is 0.251 e. The van der Waals surface area contributed by atoms with Crippen molar-refractivity contribution in [2.75, 3.05) is 52.6 Å². The van der Waals surface area contributed by atoms with Gasteiger partial charge in [0.25, 0.3) is 5.91 Å². The van der Waals surface area contributed by atoms with E-state index >= 15 is 0 Å². The summed E-state index contributed by atoms with van der Waals surface area (Å²) in [7, 11) is 1.26. The standard InChI is InChI=1S/C17H27N3O2S/c1-19-9-11-20(12-10-19)8-4-7-18-17(21)16-6-3-5-15(13-16)14-23(2)22/h3,5-6,13H,4,7-12,14H2,1-2H3,(H,18,21).